The highest BCUT2D eigenvalue weighted by molar-refractivity contribution is 7.91. The molecule has 0 radical (unpaired) electrons. The number of carbonyl (C=O) groups is 1. The summed E-state index contributed by atoms with van der Waals surface area (Å²) in [4.78, 5) is 10.5. The molecular formula is C11H13FO5S. The van der Waals surface area contributed by atoms with Crippen molar-refractivity contribution < 1.29 is 27.8 Å². The molecule has 5 nitrogen and oxygen atoms in total. The topological polar surface area (TPSA) is 91.7 Å². The van der Waals surface area contributed by atoms with Gasteiger partial charge < -0.3 is 10.2 Å². The van der Waals surface area contributed by atoms with Crippen molar-refractivity contribution in [3.8, 4) is 0 Å². The fourth-order valence-electron chi connectivity index (χ4n) is 1.38. The van der Waals surface area contributed by atoms with Crippen molar-refractivity contribution in [3.63, 3.8) is 0 Å². The van der Waals surface area contributed by atoms with E-state index in [0.29, 0.717) is 6.42 Å². The van der Waals surface area contributed by atoms with Crippen LogP contribution in [0.2, 0.25) is 0 Å². The lowest BCUT2D eigenvalue weighted by Crippen LogP contribution is -2.10. The number of unbranched alkanes of at least 4 members (excludes halogenated alkanes) is 1. The van der Waals surface area contributed by atoms with E-state index < -0.39 is 27.2 Å². The summed E-state index contributed by atoms with van der Waals surface area (Å²) in [5.74, 6) is -2.70. The van der Waals surface area contributed by atoms with Crippen LogP contribution in [0.15, 0.2) is 23.1 Å². The van der Waals surface area contributed by atoms with E-state index in [1.54, 1.807) is 0 Å². The molecule has 0 amide bonds. The largest absolute Gasteiger partial charge is 0.478 e. The number of carboxylic acids is 1. The molecule has 7 heteroatoms. The summed E-state index contributed by atoms with van der Waals surface area (Å²) in [6.45, 7) is -0.112. The molecule has 0 atom stereocenters. The van der Waals surface area contributed by atoms with Gasteiger partial charge in [-0.3, -0.25) is 0 Å². The van der Waals surface area contributed by atoms with Gasteiger partial charge in [-0.2, -0.15) is 0 Å². The Morgan fingerprint density at radius 1 is 1.28 bits per heavy atom. The van der Waals surface area contributed by atoms with Crippen molar-refractivity contribution in [2.24, 2.45) is 0 Å². The third-order valence-electron chi connectivity index (χ3n) is 2.35. The number of aromatic carboxylic acids is 1. The maximum absolute atomic E-state index is 13.1. The van der Waals surface area contributed by atoms with Gasteiger partial charge in [0.2, 0.25) is 0 Å². The number of sulfone groups is 1. The molecule has 0 saturated heterocycles. The molecule has 0 heterocycles. The zero-order valence-electron chi connectivity index (χ0n) is 9.47. The van der Waals surface area contributed by atoms with Crippen LogP contribution in [0, 0.1) is 5.82 Å². The summed E-state index contributed by atoms with van der Waals surface area (Å²) < 4.78 is 36.7. The number of rotatable bonds is 6. The number of aliphatic hydroxyl groups is 1. The standard InChI is InChI=1S/C11H13FO5S/c12-10-4-3-8(7-9(10)11(14)15)18(16,17)6-2-1-5-13/h3-4,7,13H,1-2,5-6H2,(H,14,15). The van der Waals surface area contributed by atoms with Crippen LogP contribution in [0.1, 0.15) is 23.2 Å². The highest BCUT2D eigenvalue weighted by Crippen LogP contribution is 2.17. The number of carboxylic acid groups (broad SMARTS) is 1. The zero-order chi connectivity index (χ0) is 13.8. The van der Waals surface area contributed by atoms with Crippen molar-refractivity contribution in [2.45, 2.75) is 17.7 Å². The van der Waals surface area contributed by atoms with Crippen molar-refractivity contribution in [2.75, 3.05) is 12.4 Å². The molecule has 0 bridgehead atoms. The molecule has 0 aliphatic heterocycles. The SMILES string of the molecule is O=C(O)c1cc(S(=O)(=O)CCCCO)ccc1F. The number of halogens is 1. The van der Waals surface area contributed by atoms with E-state index in [-0.39, 0.29) is 23.7 Å². The molecule has 1 aromatic rings. The molecule has 0 spiro atoms. The summed E-state index contributed by atoms with van der Waals surface area (Å²) in [5, 5.41) is 17.3. The Morgan fingerprint density at radius 3 is 2.50 bits per heavy atom. The molecule has 1 rings (SSSR count). The Hall–Kier alpha value is -1.47. The second kappa shape index (κ2) is 5.92. The summed E-state index contributed by atoms with van der Waals surface area (Å²) in [6.07, 6.45) is 0.602. The second-order valence-corrected chi connectivity index (χ2v) is 5.81. The van der Waals surface area contributed by atoms with E-state index in [0.717, 1.165) is 18.2 Å². The van der Waals surface area contributed by atoms with E-state index in [1.807, 2.05) is 0 Å². The Morgan fingerprint density at radius 2 is 1.94 bits per heavy atom. The van der Waals surface area contributed by atoms with Crippen LogP contribution in [0.5, 0.6) is 0 Å². The molecule has 0 aliphatic rings. The van der Waals surface area contributed by atoms with Gasteiger partial charge in [0.05, 0.1) is 16.2 Å². The molecule has 1 aromatic carbocycles. The van der Waals surface area contributed by atoms with Gasteiger partial charge >= 0.3 is 5.97 Å². The fraction of sp³-hybridized carbons (Fsp3) is 0.364. The van der Waals surface area contributed by atoms with Gasteiger partial charge in [0.15, 0.2) is 9.84 Å². The molecule has 2 N–H and O–H groups in total. The lowest BCUT2D eigenvalue weighted by atomic mass is 10.2. The Balaban J connectivity index is 3.02. The number of hydrogen-bond acceptors (Lipinski definition) is 4. The van der Waals surface area contributed by atoms with E-state index in [9.17, 15) is 17.6 Å². The first-order valence-corrected chi connectivity index (χ1v) is 6.90. The van der Waals surface area contributed by atoms with Crippen molar-refractivity contribution in [1.29, 1.82) is 0 Å². The average Bonchev–Trinajstić information content (AvgIpc) is 2.29. The summed E-state index contributed by atoms with van der Waals surface area (Å²) in [6, 6.07) is 2.67. The molecule has 0 fully saturated rings. The third-order valence-corrected chi connectivity index (χ3v) is 4.15. The van der Waals surface area contributed by atoms with E-state index in [1.165, 1.54) is 0 Å². The first-order chi connectivity index (χ1) is 8.38. The zero-order valence-corrected chi connectivity index (χ0v) is 10.3. The lowest BCUT2D eigenvalue weighted by Gasteiger charge is -2.05. The summed E-state index contributed by atoms with van der Waals surface area (Å²) in [7, 11) is -3.65. The molecule has 0 saturated carbocycles. The molecule has 0 aromatic heterocycles. The minimum Gasteiger partial charge on any atom is -0.478 e. The maximum Gasteiger partial charge on any atom is 0.338 e. The van der Waals surface area contributed by atoms with Gasteiger partial charge in [-0.05, 0) is 31.0 Å². The van der Waals surface area contributed by atoms with Gasteiger partial charge in [-0.15, -0.1) is 0 Å². The van der Waals surface area contributed by atoms with E-state index in [4.69, 9.17) is 10.2 Å². The van der Waals surface area contributed by atoms with Crippen LogP contribution in [0.4, 0.5) is 4.39 Å². The van der Waals surface area contributed by atoms with Crippen LogP contribution in [0.25, 0.3) is 0 Å². The van der Waals surface area contributed by atoms with Gasteiger partial charge in [-0.1, -0.05) is 0 Å². The van der Waals surface area contributed by atoms with Crippen LogP contribution < -0.4 is 0 Å². The normalized spacial score (nSPS) is 11.4. The number of benzene rings is 1. The van der Waals surface area contributed by atoms with Crippen LogP contribution in [-0.4, -0.2) is 37.0 Å². The van der Waals surface area contributed by atoms with Crippen molar-refractivity contribution in [1.82, 2.24) is 0 Å². The van der Waals surface area contributed by atoms with Gasteiger partial charge in [0.25, 0.3) is 0 Å². The Kier molecular flexibility index (Phi) is 4.80. The number of aliphatic hydroxyl groups excluding tert-OH is 1. The first kappa shape index (κ1) is 14.6. The highest BCUT2D eigenvalue weighted by Gasteiger charge is 2.18. The minimum absolute atomic E-state index is 0.112. The first-order valence-electron chi connectivity index (χ1n) is 5.25. The van der Waals surface area contributed by atoms with Gasteiger partial charge in [0.1, 0.15) is 5.82 Å². The summed E-state index contributed by atoms with van der Waals surface area (Å²) >= 11 is 0. The molecule has 0 aliphatic carbocycles. The second-order valence-electron chi connectivity index (χ2n) is 3.70. The average molecular weight is 276 g/mol. The van der Waals surface area contributed by atoms with Gasteiger partial charge in [-0.25, -0.2) is 17.6 Å². The number of hydrogen-bond donors (Lipinski definition) is 2. The van der Waals surface area contributed by atoms with E-state index >= 15 is 0 Å². The Bertz CT molecular complexity index is 538. The molecule has 100 valence electrons. The van der Waals surface area contributed by atoms with Crippen LogP contribution in [0.3, 0.4) is 0 Å². The fourth-order valence-corrected chi connectivity index (χ4v) is 2.78. The third kappa shape index (κ3) is 3.51. The van der Waals surface area contributed by atoms with Crippen LogP contribution in [-0.2, 0) is 9.84 Å². The maximum atomic E-state index is 13.1. The van der Waals surface area contributed by atoms with Crippen molar-refractivity contribution >= 4 is 15.8 Å². The van der Waals surface area contributed by atoms with Gasteiger partial charge in [0, 0.05) is 6.61 Å². The highest BCUT2D eigenvalue weighted by atomic mass is 32.2. The monoisotopic (exact) mass is 276 g/mol. The molecule has 18 heavy (non-hydrogen) atoms. The predicted molar refractivity (Wildman–Crippen MR) is 61.7 cm³/mol. The van der Waals surface area contributed by atoms with Crippen LogP contribution >= 0.6 is 0 Å². The lowest BCUT2D eigenvalue weighted by molar-refractivity contribution is 0.0691. The molecule has 0 unspecified atom stereocenters. The Labute approximate surface area is 104 Å². The predicted octanol–water partition coefficient (Wildman–Crippen LogP) is 1.07. The van der Waals surface area contributed by atoms with Crippen molar-refractivity contribution in [3.05, 3.63) is 29.6 Å². The quantitative estimate of drug-likeness (QED) is 0.599. The minimum atomic E-state index is -3.65. The van der Waals surface area contributed by atoms with E-state index in [2.05, 4.69) is 0 Å². The molecular weight excluding hydrogens is 263 g/mol. The smallest absolute Gasteiger partial charge is 0.338 e. The summed E-state index contributed by atoms with van der Waals surface area (Å²) in [5.41, 5.74) is -0.668.